The highest BCUT2D eigenvalue weighted by Gasteiger charge is 2.13. The number of pyridine rings is 1. The van der Waals surface area contributed by atoms with Crippen LogP contribution in [0.1, 0.15) is 22.3 Å². The number of H-pyrrole nitrogens is 1. The summed E-state index contributed by atoms with van der Waals surface area (Å²) < 4.78 is 5.13. The summed E-state index contributed by atoms with van der Waals surface area (Å²) in [6.45, 7) is 0.466. The normalized spacial score (nSPS) is 10.4. The molecule has 0 saturated carbocycles. The molecule has 0 fully saturated rings. The Morgan fingerprint density at radius 3 is 2.74 bits per heavy atom. The number of hydrogen-bond donors (Lipinski definition) is 2. The second-order valence-electron chi connectivity index (χ2n) is 5.95. The van der Waals surface area contributed by atoms with Crippen molar-refractivity contribution in [3.63, 3.8) is 0 Å². The lowest BCUT2D eigenvalue weighted by atomic mass is 10.1. The van der Waals surface area contributed by atoms with E-state index in [1.165, 1.54) is 6.07 Å². The SMILES string of the molecule is COc1ccc(-c2cc(C(=O)NCCCc3cccnc3)c(=O)[nH]n2)cc1. The summed E-state index contributed by atoms with van der Waals surface area (Å²) in [5.41, 5.74) is 1.92. The van der Waals surface area contributed by atoms with Gasteiger partial charge in [0.05, 0.1) is 12.8 Å². The van der Waals surface area contributed by atoms with Gasteiger partial charge in [-0.25, -0.2) is 5.10 Å². The molecule has 1 aromatic carbocycles. The molecule has 27 heavy (non-hydrogen) atoms. The van der Waals surface area contributed by atoms with Gasteiger partial charge in [0.1, 0.15) is 11.3 Å². The zero-order valence-electron chi connectivity index (χ0n) is 14.9. The third-order valence-corrected chi connectivity index (χ3v) is 4.08. The lowest BCUT2D eigenvalue weighted by molar-refractivity contribution is 0.0951. The van der Waals surface area contributed by atoms with Crippen molar-refractivity contribution in [2.45, 2.75) is 12.8 Å². The van der Waals surface area contributed by atoms with E-state index in [4.69, 9.17) is 4.74 Å². The quantitative estimate of drug-likeness (QED) is 0.627. The summed E-state index contributed by atoms with van der Waals surface area (Å²) in [4.78, 5) is 28.4. The third kappa shape index (κ3) is 4.78. The van der Waals surface area contributed by atoms with Gasteiger partial charge < -0.3 is 10.1 Å². The smallest absolute Gasteiger partial charge is 0.277 e. The molecule has 0 spiro atoms. The second kappa shape index (κ2) is 8.75. The van der Waals surface area contributed by atoms with Crippen molar-refractivity contribution in [1.82, 2.24) is 20.5 Å². The monoisotopic (exact) mass is 364 g/mol. The standard InChI is InChI=1S/C20H20N4O3/c1-27-16-8-6-15(7-9-16)18-12-17(20(26)24-23-18)19(25)22-11-3-5-14-4-2-10-21-13-14/h2,4,6-10,12-13H,3,5,11H2,1H3,(H,22,25)(H,24,26). The molecule has 7 heteroatoms. The molecule has 3 aromatic rings. The highest BCUT2D eigenvalue weighted by Crippen LogP contribution is 2.20. The van der Waals surface area contributed by atoms with Crippen molar-refractivity contribution in [2.24, 2.45) is 0 Å². The number of aromatic nitrogens is 3. The molecule has 2 heterocycles. The van der Waals surface area contributed by atoms with E-state index in [2.05, 4.69) is 20.5 Å². The zero-order chi connectivity index (χ0) is 19.1. The van der Waals surface area contributed by atoms with Crippen molar-refractivity contribution in [1.29, 1.82) is 0 Å². The van der Waals surface area contributed by atoms with E-state index in [-0.39, 0.29) is 5.56 Å². The van der Waals surface area contributed by atoms with Crippen molar-refractivity contribution in [3.05, 3.63) is 76.3 Å². The molecule has 0 atom stereocenters. The van der Waals surface area contributed by atoms with Gasteiger partial charge in [-0.2, -0.15) is 5.10 Å². The Kier molecular flexibility index (Phi) is 5.94. The first kappa shape index (κ1) is 18.3. The Balaban J connectivity index is 1.64. The number of methoxy groups -OCH3 is 1. The van der Waals surface area contributed by atoms with Crippen LogP contribution >= 0.6 is 0 Å². The van der Waals surface area contributed by atoms with Crippen molar-refractivity contribution >= 4 is 5.91 Å². The van der Waals surface area contributed by atoms with Crippen LogP contribution in [0.3, 0.4) is 0 Å². The van der Waals surface area contributed by atoms with Gasteiger partial charge in [0.25, 0.3) is 11.5 Å². The highest BCUT2D eigenvalue weighted by atomic mass is 16.5. The summed E-state index contributed by atoms with van der Waals surface area (Å²) in [5, 5.41) is 9.18. The molecule has 138 valence electrons. The fourth-order valence-electron chi connectivity index (χ4n) is 2.62. The van der Waals surface area contributed by atoms with Crippen LogP contribution in [0.4, 0.5) is 0 Å². The van der Waals surface area contributed by atoms with Crippen LogP contribution in [-0.4, -0.2) is 34.7 Å². The molecule has 7 nitrogen and oxygen atoms in total. The van der Waals surface area contributed by atoms with Gasteiger partial charge in [-0.1, -0.05) is 6.07 Å². The van der Waals surface area contributed by atoms with E-state index in [0.29, 0.717) is 12.2 Å². The molecule has 0 saturated heterocycles. The minimum Gasteiger partial charge on any atom is -0.497 e. The van der Waals surface area contributed by atoms with Crippen LogP contribution in [0.2, 0.25) is 0 Å². The molecule has 0 radical (unpaired) electrons. The van der Waals surface area contributed by atoms with Crippen molar-refractivity contribution in [3.8, 4) is 17.0 Å². The average Bonchev–Trinajstić information content (AvgIpc) is 2.72. The number of amides is 1. The Labute approximate surface area is 156 Å². The molecule has 2 aromatic heterocycles. The van der Waals surface area contributed by atoms with E-state index in [0.717, 1.165) is 29.7 Å². The number of rotatable bonds is 7. The number of ether oxygens (including phenoxy) is 1. The average molecular weight is 364 g/mol. The second-order valence-corrected chi connectivity index (χ2v) is 5.95. The molecule has 2 N–H and O–H groups in total. The summed E-state index contributed by atoms with van der Waals surface area (Å²) >= 11 is 0. The maximum absolute atomic E-state index is 12.4. The van der Waals surface area contributed by atoms with Crippen molar-refractivity contribution in [2.75, 3.05) is 13.7 Å². The van der Waals surface area contributed by atoms with Gasteiger partial charge in [0, 0.05) is 24.5 Å². The summed E-state index contributed by atoms with van der Waals surface area (Å²) in [5.74, 6) is 0.300. The van der Waals surface area contributed by atoms with E-state index in [1.54, 1.807) is 31.6 Å². The van der Waals surface area contributed by atoms with Gasteiger partial charge >= 0.3 is 0 Å². The van der Waals surface area contributed by atoms with Crippen LogP contribution in [0.25, 0.3) is 11.3 Å². The maximum atomic E-state index is 12.4. The first-order chi connectivity index (χ1) is 13.2. The predicted octanol–water partition coefficient (Wildman–Crippen LogP) is 2.20. The van der Waals surface area contributed by atoms with Crippen molar-refractivity contribution < 1.29 is 9.53 Å². The van der Waals surface area contributed by atoms with Gasteiger partial charge in [-0.05, 0) is 54.8 Å². The molecule has 0 aliphatic carbocycles. The Morgan fingerprint density at radius 2 is 2.04 bits per heavy atom. The Bertz CT molecular complexity index is 953. The van der Waals surface area contributed by atoms with Crippen LogP contribution < -0.4 is 15.6 Å². The predicted molar refractivity (Wildman–Crippen MR) is 102 cm³/mol. The van der Waals surface area contributed by atoms with E-state index < -0.39 is 11.5 Å². The minimum absolute atomic E-state index is 0.0391. The number of carbonyl (C=O) groups excluding carboxylic acids is 1. The fourth-order valence-corrected chi connectivity index (χ4v) is 2.62. The Hall–Kier alpha value is -3.48. The summed E-state index contributed by atoms with van der Waals surface area (Å²) in [6.07, 6.45) is 5.08. The first-order valence-corrected chi connectivity index (χ1v) is 8.58. The number of hydrogen-bond acceptors (Lipinski definition) is 5. The molecule has 0 aliphatic rings. The lowest BCUT2D eigenvalue weighted by Crippen LogP contribution is -2.31. The summed E-state index contributed by atoms with van der Waals surface area (Å²) in [6, 6.07) is 12.6. The molecular formula is C20H20N4O3. The highest BCUT2D eigenvalue weighted by molar-refractivity contribution is 5.94. The number of nitrogens with one attached hydrogen (secondary N) is 2. The first-order valence-electron chi connectivity index (χ1n) is 8.58. The number of nitrogens with zero attached hydrogens (tertiary/aromatic N) is 2. The van der Waals surface area contributed by atoms with Gasteiger partial charge in [-0.15, -0.1) is 0 Å². The molecule has 1 amide bonds. The fraction of sp³-hybridized carbons (Fsp3) is 0.200. The molecule has 0 aliphatic heterocycles. The molecule has 0 unspecified atom stereocenters. The van der Waals surface area contributed by atoms with Gasteiger partial charge in [0.15, 0.2) is 0 Å². The minimum atomic E-state index is -0.517. The van der Waals surface area contributed by atoms with E-state index >= 15 is 0 Å². The number of carbonyl (C=O) groups is 1. The third-order valence-electron chi connectivity index (χ3n) is 4.08. The van der Waals surface area contributed by atoms with Gasteiger partial charge in [-0.3, -0.25) is 14.6 Å². The number of aromatic amines is 1. The Morgan fingerprint density at radius 1 is 1.22 bits per heavy atom. The zero-order valence-corrected chi connectivity index (χ0v) is 14.9. The number of benzene rings is 1. The number of aryl methyl sites for hydroxylation is 1. The largest absolute Gasteiger partial charge is 0.497 e. The topological polar surface area (TPSA) is 97.0 Å². The van der Waals surface area contributed by atoms with Crippen LogP contribution in [-0.2, 0) is 6.42 Å². The maximum Gasteiger partial charge on any atom is 0.277 e. The van der Waals surface area contributed by atoms with Crippen LogP contribution in [0.15, 0.2) is 59.7 Å². The van der Waals surface area contributed by atoms with Gasteiger partial charge in [0.2, 0.25) is 0 Å². The van der Waals surface area contributed by atoms with E-state index in [9.17, 15) is 9.59 Å². The molecule has 0 bridgehead atoms. The van der Waals surface area contributed by atoms with E-state index in [1.807, 2.05) is 24.3 Å². The molecule has 3 rings (SSSR count). The van der Waals surface area contributed by atoms with Crippen LogP contribution in [0, 0.1) is 0 Å². The summed E-state index contributed by atoms with van der Waals surface area (Å²) in [7, 11) is 1.59. The van der Waals surface area contributed by atoms with Crippen LogP contribution in [0.5, 0.6) is 5.75 Å². The molecular weight excluding hydrogens is 344 g/mol. The lowest BCUT2D eigenvalue weighted by Gasteiger charge is -2.07.